The average molecular weight is 207 g/mol. The molecule has 0 amide bonds. The molecule has 0 saturated heterocycles. The van der Waals surface area contributed by atoms with Gasteiger partial charge in [0.15, 0.2) is 0 Å². The molecule has 0 aliphatic carbocycles. The lowest BCUT2D eigenvalue weighted by atomic mass is 10.1. The van der Waals surface area contributed by atoms with Gasteiger partial charge in [-0.1, -0.05) is 24.8 Å². The Balaban J connectivity index is 2.61. The second-order valence-corrected chi connectivity index (χ2v) is 2.97. The topological polar surface area (TPSA) is 61.5 Å². The van der Waals surface area contributed by atoms with Crippen LogP contribution in [0.4, 0.5) is 5.69 Å². The minimum atomic E-state index is -0.628. The van der Waals surface area contributed by atoms with Crippen LogP contribution in [0.3, 0.4) is 0 Å². The number of nitrogens with two attached hydrogens (primary N) is 1. The normalized spacial score (nSPS) is 11.8. The lowest BCUT2D eigenvalue weighted by molar-refractivity contribution is -0.292. The molecule has 0 bridgehead atoms. The molecule has 0 fully saturated rings. The Morgan fingerprint density at radius 3 is 2.80 bits per heavy atom. The molecule has 15 heavy (non-hydrogen) atoms. The first-order chi connectivity index (χ1) is 7.15. The second-order valence-electron chi connectivity index (χ2n) is 2.97. The Bertz CT molecular complexity index is 363. The second kappa shape index (κ2) is 5.17. The first kappa shape index (κ1) is 11.3. The van der Waals surface area contributed by atoms with E-state index >= 15 is 0 Å². The number of hydrogen-bond acceptors (Lipinski definition) is 4. The van der Waals surface area contributed by atoms with Gasteiger partial charge >= 0.3 is 5.97 Å². The van der Waals surface area contributed by atoms with Gasteiger partial charge in [-0.15, -0.1) is 0 Å². The molecule has 0 aromatic heterocycles. The molecule has 80 valence electrons. The summed E-state index contributed by atoms with van der Waals surface area (Å²) in [5, 5.41) is 0. The molecule has 0 heterocycles. The quantitative estimate of drug-likeness (QED) is 0.355. The molecule has 0 spiro atoms. The van der Waals surface area contributed by atoms with Gasteiger partial charge in [0.25, 0.3) is 0 Å². The first-order valence-corrected chi connectivity index (χ1v) is 4.49. The van der Waals surface area contributed by atoms with Crippen molar-refractivity contribution in [3.8, 4) is 0 Å². The van der Waals surface area contributed by atoms with E-state index in [0.717, 1.165) is 11.6 Å². The molecule has 4 nitrogen and oxygen atoms in total. The number of rotatable bonds is 4. The number of para-hydroxylation sites is 1. The van der Waals surface area contributed by atoms with Gasteiger partial charge in [-0.2, -0.15) is 4.89 Å². The maximum absolute atomic E-state index is 10.7. The lowest BCUT2D eigenvalue weighted by Gasteiger charge is -2.12. The Labute approximate surface area is 88.2 Å². The fourth-order valence-corrected chi connectivity index (χ4v) is 1.09. The van der Waals surface area contributed by atoms with E-state index in [0.29, 0.717) is 5.69 Å². The SMILES string of the molecule is C=CC(=O)OOC(C)c1ccccc1N. The molecule has 1 unspecified atom stereocenters. The van der Waals surface area contributed by atoms with Crippen LogP contribution in [0.5, 0.6) is 0 Å². The van der Waals surface area contributed by atoms with Crippen LogP contribution in [0.25, 0.3) is 0 Å². The summed E-state index contributed by atoms with van der Waals surface area (Å²) in [5.74, 6) is -0.628. The summed E-state index contributed by atoms with van der Waals surface area (Å²) < 4.78 is 0. The average Bonchev–Trinajstić information content (AvgIpc) is 2.26. The molecule has 0 aliphatic heterocycles. The third kappa shape index (κ3) is 3.11. The highest BCUT2D eigenvalue weighted by Gasteiger charge is 2.11. The first-order valence-electron chi connectivity index (χ1n) is 4.49. The van der Waals surface area contributed by atoms with Crippen molar-refractivity contribution in [2.75, 3.05) is 5.73 Å². The van der Waals surface area contributed by atoms with E-state index in [2.05, 4.69) is 11.5 Å². The molecular weight excluding hydrogens is 194 g/mol. The number of carbonyl (C=O) groups excluding carboxylic acids is 1. The molecule has 1 aromatic carbocycles. The highest BCUT2D eigenvalue weighted by molar-refractivity contribution is 5.80. The third-order valence-electron chi connectivity index (χ3n) is 1.88. The molecule has 0 aliphatic rings. The molecule has 1 rings (SSSR count). The van der Waals surface area contributed by atoms with Crippen LogP contribution in [-0.4, -0.2) is 5.97 Å². The third-order valence-corrected chi connectivity index (χ3v) is 1.88. The van der Waals surface area contributed by atoms with Crippen molar-refractivity contribution in [1.29, 1.82) is 0 Å². The summed E-state index contributed by atoms with van der Waals surface area (Å²) in [6.07, 6.45) is 0.622. The molecule has 1 aromatic rings. The van der Waals surface area contributed by atoms with E-state index in [1.165, 1.54) is 0 Å². The predicted octanol–water partition coefficient (Wildman–Crippen LogP) is 1.99. The summed E-state index contributed by atoms with van der Waals surface area (Å²) in [6.45, 7) is 4.99. The minimum absolute atomic E-state index is 0.407. The van der Waals surface area contributed by atoms with Gasteiger partial charge in [-0.25, -0.2) is 4.79 Å². The number of nitrogen functional groups attached to an aromatic ring is 1. The zero-order valence-corrected chi connectivity index (χ0v) is 8.47. The highest BCUT2D eigenvalue weighted by atomic mass is 17.2. The van der Waals surface area contributed by atoms with Crippen molar-refractivity contribution in [2.24, 2.45) is 0 Å². The van der Waals surface area contributed by atoms with Crippen LogP contribution in [0.15, 0.2) is 36.9 Å². The minimum Gasteiger partial charge on any atom is -0.398 e. The van der Waals surface area contributed by atoms with Crippen LogP contribution >= 0.6 is 0 Å². The molecule has 0 saturated carbocycles. The molecule has 4 heteroatoms. The van der Waals surface area contributed by atoms with E-state index in [-0.39, 0.29) is 0 Å². The Morgan fingerprint density at radius 2 is 2.20 bits per heavy atom. The zero-order valence-electron chi connectivity index (χ0n) is 8.47. The monoisotopic (exact) mass is 207 g/mol. The van der Waals surface area contributed by atoms with Crippen molar-refractivity contribution in [3.05, 3.63) is 42.5 Å². The summed E-state index contributed by atoms with van der Waals surface area (Å²) in [5.41, 5.74) is 7.09. The van der Waals surface area contributed by atoms with Crippen molar-refractivity contribution < 1.29 is 14.6 Å². The van der Waals surface area contributed by atoms with Crippen LogP contribution in [0, 0.1) is 0 Å². The van der Waals surface area contributed by atoms with Crippen molar-refractivity contribution >= 4 is 11.7 Å². The van der Waals surface area contributed by atoms with Gasteiger partial charge in [0, 0.05) is 17.3 Å². The summed E-state index contributed by atoms with van der Waals surface area (Å²) in [6, 6.07) is 7.22. The maximum Gasteiger partial charge on any atom is 0.365 e. The predicted molar refractivity (Wildman–Crippen MR) is 56.6 cm³/mol. The molecule has 1 atom stereocenters. The van der Waals surface area contributed by atoms with Crippen molar-refractivity contribution in [1.82, 2.24) is 0 Å². The number of hydrogen-bond donors (Lipinski definition) is 1. The van der Waals surface area contributed by atoms with Gasteiger partial charge in [-0.3, -0.25) is 4.89 Å². The van der Waals surface area contributed by atoms with Crippen LogP contribution in [0.2, 0.25) is 0 Å². The lowest BCUT2D eigenvalue weighted by Crippen LogP contribution is -2.07. The Morgan fingerprint density at radius 1 is 1.53 bits per heavy atom. The van der Waals surface area contributed by atoms with Gasteiger partial charge < -0.3 is 5.73 Å². The molecule has 0 radical (unpaired) electrons. The Hall–Kier alpha value is -1.81. The van der Waals surface area contributed by atoms with Crippen LogP contribution < -0.4 is 5.73 Å². The fourth-order valence-electron chi connectivity index (χ4n) is 1.09. The smallest absolute Gasteiger partial charge is 0.365 e. The molecule has 2 N–H and O–H groups in total. The number of anilines is 1. The van der Waals surface area contributed by atoms with Gasteiger partial charge in [0.05, 0.1) is 0 Å². The standard InChI is InChI=1S/C11H13NO3/c1-3-11(13)15-14-8(2)9-6-4-5-7-10(9)12/h3-8H,1,12H2,2H3. The van der Waals surface area contributed by atoms with Gasteiger partial charge in [0.1, 0.15) is 6.10 Å². The van der Waals surface area contributed by atoms with E-state index in [4.69, 9.17) is 10.6 Å². The van der Waals surface area contributed by atoms with E-state index in [1.54, 1.807) is 13.0 Å². The van der Waals surface area contributed by atoms with Gasteiger partial charge in [0.2, 0.25) is 0 Å². The zero-order chi connectivity index (χ0) is 11.3. The maximum atomic E-state index is 10.7. The summed E-state index contributed by atoms with van der Waals surface area (Å²) in [7, 11) is 0. The van der Waals surface area contributed by atoms with Gasteiger partial charge in [-0.05, 0) is 13.0 Å². The van der Waals surface area contributed by atoms with Crippen LogP contribution in [0.1, 0.15) is 18.6 Å². The fraction of sp³-hybridized carbons (Fsp3) is 0.182. The van der Waals surface area contributed by atoms with Crippen molar-refractivity contribution in [3.63, 3.8) is 0 Å². The number of carbonyl (C=O) groups is 1. The highest BCUT2D eigenvalue weighted by Crippen LogP contribution is 2.22. The summed E-state index contributed by atoms with van der Waals surface area (Å²) in [4.78, 5) is 20.0. The van der Waals surface area contributed by atoms with E-state index in [9.17, 15) is 4.79 Å². The van der Waals surface area contributed by atoms with Crippen LogP contribution in [-0.2, 0) is 14.6 Å². The van der Waals surface area contributed by atoms with E-state index < -0.39 is 12.1 Å². The number of benzene rings is 1. The molecular formula is C11H13NO3. The largest absolute Gasteiger partial charge is 0.398 e. The summed E-state index contributed by atoms with van der Waals surface area (Å²) >= 11 is 0. The van der Waals surface area contributed by atoms with E-state index in [1.807, 2.05) is 18.2 Å². The Kier molecular flexibility index (Phi) is 3.88. The van der Waals surface area contributed by atoms with Crippen molar-refractivity contribution in [2.45, 2.75) is 13.0 Å².